The van der Waals surface area contributed by atoms with E-state index in [9.17, 15) is 4.79 Å². The highest BCUT2D eigenvalue weighted by molar-refractivity contribution is 5.99. The monoisotopic (exact) mass is 390 g/mol. The minimum atomic E-state index is -0.198. The Labute approximate surface area is 171 Å². The van der Waals surface area contributed by atoms with Crippen molar-refractivity contribution in [2.24, 2.45) is 5.92 Å². The van der Waals surface area contributed by atoms with Crippen LogP contribution in [0.4, 0.5) is 11.5 Å². The van der Waals surface area contributed by atoms with Gasteiger partial charge in [-0.2, -0.15) is 0 Å². The molecule has 0 atom stereocenters. The van der Waals surface area contributed by atoms with Gasteiger partial charge in [-0.25, -0.2) is 9.97 Å². The molecule has 0 aliphatic heterocycles. The van der Waals surface area contributed by atoms with E-state index in [1.807, 2.05) is 54.6 Å². The van der Waals surface area contributed by atoms with Gasteiger partial charge in [0.25, 0.3) is 5.91 Å². The first-order chi connectivity index (χ1) is 14.1. The molecular formula is C23H26N4O2. The zero-order valence-corrected chi connectivity index (χ0v) is 17.0. The van der Waals surface area contributed by atoms with Crippen LogP contribution in [-0.4, -0.2) is 29.5 Å². The molecule has 0 aliphatic rings. The van der Waals surface area contributed by atoms with E-state index in [0.29, 0.717) is 29.7 Å². The van der Waals surface area contributed by atoms with Gasteiger partial charge in [-0.1, -0.05) is 50.2 Å². The largest absolute Gasteiger partial charge is 0.497 e. The van der Waals surface area contributed by atoms with Crippen LogP contribution in [0.3, 0.4) is 0 Å². The normalized spacial score (nSPS) is 10.6. The van der Waals surface area contributed by atoms with Gasteiger partial charge >= 0.3 is 0 Å². The summed E-state index contributed by atoms with van der Waals surface area (Å²) in [6, 6.07) is 17.2. The molecule has 0 bridgehead atoms. The molecule has 0 unspecified atom stereocenters. The number of carbonyl (C=O) groups excluding carboxylic acids is 1. The first kappa shape index (κ1) is 20.3. The molecule has 6 heteroatoms. The summed E-state index contributed by atoms with van der Waals surface area (Å²) in [7, 11) is 1.62. The molecule has 0 aliphatic carbocycles. The van der Waals surface area contributed by atoms with Crippen molar-refractivity contribution in [3.63, 3.8) is 0 Å². The van der Waals surface area contributed by atoms with Crippen LogP contribution in [0.1, 0.15) is 30.6 Å². The van der Waals surface area contributed by atoms with Crippen LogP contribution in [0.5, 0.6) is 5.75 Å². The number of nitrogens with one attached hydrogen (secondary N) is 2. The molecule has 0 spiro atoms. The summed E-state index contributed by atoms with van der Waals surface area (Å²) in [4.78, 5) is 21.8. The van der Waals surface area contributed by atoms with E-state index in [-0.39, 0.29) is 5.91 Å². The van der Waals surface area contributed by atoms with E-state index >= 15 is 0 Å². The summed E-state index contributed by atoms with van der Waals surface area (Å²) in [6.07, 6.45) is 2.48. The van der Waals surface area contributed by atoms with E-state index in [1.165, 1.54) is 0 Å². The second-order valence-corrected chi connectivity index (χ2v) is 7.12. The highest BCUT2D eigenvalue weighted by atomic mass is 16.5. The quantitative estimate of drug-likeness (QED) is 0.584. The highest BCUT2D eigenvalue weighted by Gasteiger charge is 2.16. The zero-order chi connectivity index (χ0) is 20.6. The van der Waals surface area contributed by atoms with Gasteiger partial charge in [-0.15, -0.1) is 0 Å². The van der Waals surface area contributed by atoms with E-state index in [2.05, 4.69) is 34.4 Å². The average Bonchev–Trinajstić information content (AvgIpc) is 2.74. The number of anilines is 2. The molecule has 2 N–H and O–H groups in total. The van der Waals surface area contributed by atoms with Crippen LogP contribution in [0.2, 0.25) is 0 Å². The molecule has 0 radical (unpaired) electrons. The number of carbonyl (C=O) groups is 1. The van der Waals surface area contributed by atoms with Crippen molar-refractivity contribution in [2.75, 3.05) is 19.0 Å². The second kappa shape index (κ2) is 9.68. The summed E-state index contributed by atoms with van der Waals surface area (Å²) < 4.78 is 5.29. The Kier molecular flexibility index (Phi) is 6.79. The number of amides is 1. The molecule has 6 nitrogen and oxygen atoms in total. The lowest BCUT2D eigenvalue weighted by Crippen LogP contribution is -2.26. The molecule has 1 amide bonds. The lowest BCUT2D eigenvalue weighted by molar-refractivity contribution is 0.0952. The molecule has 3 rings (SSSR count). The molecule has 1 aromatic heterocycles. The van der Waals surface area contributed by atoms with Crippen LogP contribution in [-0.2, 0) is 0 Å². The van der Waals surface area contributed by atoms with E-state index in [1.54, 1.807) is 13.3 Å². The Morgan fingerprint density at radius 3 is 2.62 bits per heavy atom. The standard InChI is InChI=1S/C23H26N4O2/c1-16(2)12-13-24-23(28)20-15-25-21(17-8-5-4-6-9-17)27-22(20)26-18-10-7-11-19(14-18)29-3/h4-11,14-16H,12-13H2,1-3H3,(H,24,28)(H,25,26,27). The number of rotatable bonds is 8. The van der Waals surface area contributed by atoms with Gasteiger partial charge in [0.1, 0.15) is 17.1 Å². The summed E-state index contributed by atoms with van der Waals surface area (Å²) in [6.45, 7) is 4.86. The molecular weight excluding hydrogens is 364 g/mol. The van der Waals surface area contributed by atoms with Crippen molar-refractivity contribution in [3.05, 3.63) is 66.4 Å². The SMILES string of the molecule is COc1cccc(Nc2nc(-c3ccccc3)ncc2C(=O)NCCC(C)C)c1. The lowest BCUT2D eigenvalue weighted by atomic mass is 10.1. The fraction of sp³-hybridized carbons (Fsp3) is 0.261. The topological polar surface area (TPSA) is 76.1 Å². The fourth-order valence-electron chi connectivity index (χ4n) is 2.78. The first-order valence-electron chi connectivity index (χ1n) is 9.68. The Hall–Kier alpha value is -3.41. The van der Waals surface area contributed by atoms with Gasteiger partial charge in [0.15, 0.2) is 5.82 Å². The summed E-state index contributed by atoms with van der Waals surface area (Å²) in [5.41, 5.74) is 2.06. The first-order valence-corrected chi connectivity index (χ1v) is 9.68. The van der Waals surface area contributed by atoms with Crippen molar-refractivity contribution < 1.29 is 9.53 Å². The zero-order valence-electron chi connectivity index (χ0n) is 17.0. The van der Waals surface area contributed by atoms with Crippen LogP contribution in [0.15, 0.2) is 60.8 Å². The van der Waals surface area contributed by atoms with Gasteiger partial charge in [0.05, 0.1) is 7.11 Å². The van der Waals surface area contributed by atoms with Crippen LogP contribution >= 0.6 is 0 Å². The van der Waals surface area contributed by atoms with Crippen molar-refractivity contribution in [3.8, 4) is 17.1 Å². The minimum Gasteiger partial charge on any atom is -0.497 e. The predicted octanol–water partition coefficient (Wildman–Crippen LogP) is 4.67. The van der Waals surface area contributed by atoms with Crippen molar-refractivity contribution >= 4 is 17.4 Å². The van der Waals surface area contributed by atoms with Gasteiger partial charge in [0.2, 0.25) is 0 Å². The fourth-order valence-corrected chi connectivity index (χ4v) is 2.78. The molecule has 29 heavy (non-hydrogen) atoms. The summed E-state index contributed by atoms with van der Waals surface area (Å²) in [5.74, 6) is 2.04. The Bertz CT molecular complexity index is 958. The third-order valence-electron chi connectivity index (χ3n) is 4.41. The Morgan fingerprint density at radius 2 is 1.90 bits per heavy atom. The minimum absolute atomic E-state index is 0.198. The van der Waals surface area contributed by atoms with Crippen LogP contribution in [0.25, 0.3) is 11.4 Å². The van der Waals surface area contributed by atoms with Gasteiger partial charge in [-0.3, -0.25) is 4.79 Å². The average molecular weight is 390 g/mol. The van der Waals surface area contributed by atoms with Gasteiger partial charge < -0.3 is 15.4 Å². The second-order valence-electron chi connectivity index (χ2n) is 7.12. The van der Waals surface area contributed by atoms with Gasteiger partial charge in [-0.05, 0) is 24.5 Å². The van der Waals surface area contributed by atoms with E-state index in [4.69, 9.17) is 4.74 Å². The maximum absolute atomic E-state index is 12.8. The van der Waals surface area contributed by atoms with Crippen molar-refractivity contribution in [2.45, 2.75) is 20.3 Å². The molecule has 3 aromatic rings. The number of ether oxygens (including phenoxy) is 1. The number of benzene rings is 2. The van der Waals surface area contributed by atoms with Crippen LogP contribution < -0.4 is 15.4 Å². The summed E-state index contributed by atoms with van der Waals surface area (Å²) >= 11 is 0. The Balaban J connectivity index is 1.92. The molecule has 150 valence electrons. The summed E-state index contributed by atoms with van der Waals surface area (Å²) in [5, 5.41) is 6.20. The molecule has 1 heterocycles. The molecule has 0 saturated carbocycles. The van der Waals surface area contributed by atoms with E-state index < -0.39 is 0 Å². The number of hydrogen-bond donors (Lipinski definition) is 2. The molecule has 2 aromatic carbocycles. The number of hydrogen-bond acceptors (Lipinski definition) is 5. The predicted molar refractivity (Wildman–Crippen MR) is 116 cm³/mol. The maximum atomic E-state index is 12.8. The smallest absolute Gasteiger partial charge is 0.256 e. The maximum Gasteiger partial charge on any atom is 0.256 e. The van der Waals surface area contributed by atoms with Crippen molar-refractivity contribution in [1.82, 2.24) is 15.3 Å². The third-order valence-corrected chi connectivity index (χ3v) is 4.41. The van der Waals surface area contributed by atoms with E-state index in [0.717, 1.165) is 23.4 Å². The number of nitrogens with zero attached hydrogens (tertiary/aromatic N) is 2. The molecule has 0 saturated heterocycles. The van der Waals surface area contributed by atoms with Gasteiger partial charge in [0, 0.05) is 30.1 Å². The van der Waals surface area contributed by atoms with Crippen molar-refractivity contribution in [1.29, 1.82) is 0 Å². The number of aromatic nitrogens is 2. The lowest BCUT2D eigenvalue weighted by Gasteiger charge is -2.14. The Morgan fingerprint density at radius 1 is 1.10 bits per heavy atom. The highest BCUT2D eigenvalue weighted by Crippen LogP contribution is 2.25. The number of methoxy groups -OCH3 is 1. The third kappa shape index (κ3) is 5.54. The van der Waals surface area contributed by atoms with Crippen LogP contribution in [0, 0.1) is 5.92 Å². The molecule has 0 fully saturated rings.